The summed E-state index contributed by atoms with van der Waals surface area (Å²) in [6.45, 7) is 3.42. The van der Waals surface area contributed by atoms with E-state index in [9.17, 15) is 9.90 Å². The maximum absolute atomic E-state index is 11.9. The second-order valence-corrected chi connectivity index (χ2v) is 7.47. The molecule has 2 aliphatic carbocycles. The summed E-state index contributed by atoms with van der Waals surface area (Å²) in [5.41, 5.74) is 0. The second-order valence-electron chi connectivity index (χ2n) is 6.03. The van der Waals surface area contributed by atoms with Crippen LogP contribution in [0.1, 0.15) is 39.5 Å². The van der Waals surface area contributed by atoms with Crippen LogP contribution in [0.15, 0.2) is 4.99 Å². The van der Waals surface area contributed by atoms with Gasteiger partial charge in [0.15, 0.2) is 5.17 Å². The van der Waals surface area contributed by atoms with Crippen molar-refractivity contribution >= 4 is 22.8 Å². The molecule has 1 amide bonds. The Morgan fingerprint density at radius 3 is 2.78 bits per heavy atom. The molecule has 0 aromatic heterocycles. The molecule has 2 N–H and O–H groups in total. The second kappa shape index (κ2) is 4.23. The average molecular weight is 268 g/mol. The summed E-state index contributed by atoms with van der Waals surface area (Å²) in [4.78, 5) is 16.0. The molecule has 5 heteroatoms. The third kappa shape index (κ3) is 1.88. The van der Waals surface area contributed by atoms with Gasteiger partial charge in [0.1, 0.15) is 4.75 Å². The van der Waals surface area contributed by atoms with Crippen molar-refractivity contribution in [3.05, 3.63) is 0 Å². The highest BCUT2D eigenvalue weighted by Crippen LogP contribution is 2.45. The van der Waals surface area contributed by atoms with Gasteiger partial charge in [0.2, 0.25) is 0 Å². The number of rotatable bonds is 2. The first kappa shape index (κ1) is 12.5. The Kier molecular flexibility index (Phi) is 2.94. The molecule has 0 aromatic rings. The number of aliphatic hydroxyl groups excluding tert-OH is 1. The summed E-state index contributed by atoms with van der Waals surface area (Å²) in [6, 6.07) is 0.485. The minimum atomic E-state index is -0.806. The lowest BCUT2D eigenvalue weighted by molar-refractivity contribution is -0.121. The fraction of sp³-hybridized carbons (Fsp3) is 0.846. The van der Waals surface area contributed by atoms with Crippen molar-refractivity contribution in [1.82, 2.24) is 5.32 Å². The summed E-state index contributed by atoms with van der Waals surface area (Å²) in [5.74, 6) is 1.42. The van der Waals surface area contributed by atoms with E-state index in [1.165, 1.54) is 37.4 Å². The van der Waals surface area contributed by atoms with Gasteiger partial charge in [-0.3, -0.25) is 4.79 Å². The highest BCUT2D eigenvalue weighted by atomic mass is 32.2. The van der Waals surface area contributed by atoms with Crippen LogP contribution in [0.25, 0.3) is 0 Å². The number of thioether (sulfide) groups is 1. The summed E-state index contributed by atoms with van der Waals surface area (Å²) in [5, 5.41) is 13.9. The number of aliphatic imine (C=N–C) groups is 1. The first-order valence-electron chi connectivity index (χ1n) is 6.76. The summed E-state index contributed by atoms with van der Waals surface area (Å²) < 4.78 is -0.806. The van der Waals surface area contributed by atoms with Gasteiger partial charge in [0, 0.05) is 6.04 Å². The lowest BCUT2D eigenvalue weighted by Gasteiger charge is -2.26. The molecule has 4 nitrogen and oxygen atoms in total. The van der Waals surface area contributed by atoms with Crippen LogP contribution in [-0.4, -0.2) is 33.1 Å². The average Bonchev–Trinajstić information content (AvgIpc) is 2.95. The molecule has 2 fully saturated rings. The Labute approximate surface area is 112 Å². The minimum Gasteiger partial charge on any atom is -0.391 e. The zero-order valence-electron chi connectivity index (χ0n) is 10.8. The van der Waals surface area contributed by atoms with E-state index >= 15 is 0 Å². The number of carbonyl (C=O) groups excluding carboxylic acids is 1. The van der Waals surface area contributed by atoms with Gasteiger partial charge in [-0.25, -0.2) is 0 Å². The van der Waals surface area contributed by atoms with Gasteiger partial charge in [0.05, 0.1) is 6.10 Å². The lowest BCUT2D eigenvalue weighted by atomic mass is 9.96. The van der Waals surface area contributed by atoms with Crippen LogP contribution in [-0.2, 0) is 4.79 Å². The van der Waals surface area contributed by atoms with E-state index < -0.39 is 10.9 Å². The molecule has 2 saturated carbocycles. The smallest absolute Gasteiger partial charge is 0.267 e. The van der Waals surface area contributed by atoms with Gasteiger partial charge in [0.25, 0.3) is 5.91 Å². The van der Waals surface area contributed by atoms with Crippen molar-refractivity contribution in [1.29, 1.82) is 0 Å². The zero-order valence-corrected chi connectivity index (χ0v) is 11.7. The molecule has 2 unspecified atom stereocenters. The number of carbonyl (C=O) groups is 1. The van der Waals surface area contributed by atoms with Crippen molar-refractivity contribution in [2.75, 3.05) is 0 Å². The fourth-order valence-corrected chi connectivity index (χ4v) is 4.42. The van der Waals surface area contributed by atoms with E-state index in [-0.39, 0.29) is 5.91 Å². The van der Waals surface area contributed by atoms with Crippen molar-refractivity contribution in [2.45, 2.75) is 56.4 Å². The van der Waals surface area contributed by atoms with Crippen LogP contribution in [0, 0.1) is 11.8 Å². The van der Waals surface area contributed by atoms with Crippen LogP contribution >= 0.6 is 11.8 Å². The molecule has 3 aliphatic rings. The quantitative estimate of drug-likeness (QED) is 0.797. The van der Waals surface area contributed by atoms with Crippen molar-refractivity contribution in [3.63, 3.8) is 0 Å². The Hall–Kier alpha value is -0.550. The molecule has 0 aromatic carbocycles. The molecule has 2 bridgehead atoms. The SMILES string of the molecule is CC(O)C1(C)SC(N[C@H]2C[C@@H]3CC[C@H]2C3)=NC1=O. The first-order chi connectivity index (χ1) is 8.49. The van der Waals surface area contributed by atoms with Crippen molar-refractivity contribution in [2.24, 2.45) is 16.8 Å². The summed E-state index contributed by atoms with van der Waals surface area (Å²) in [6.07, 6.45) is 4.54. The van der Waals surface area contributed by atoms with Crippen molar-refractivity contribution < 1.29 is 9.90 Å². The highest BCUT2D eigenvalue weighted by molar-refractivity contribution is 8.16. The number of fused-ring (bicyclic) bond motifs is 2. The van der Waals surface area contributed by atoms with Crippen LogP contribution < -0.4 is 5.32 Å². The molecular formula is C13H20N2O2S. The van der Waals surface area contributed by atoms with E-state index in [2.05, 4.69) is 10.3 Å². The summed E-state index contributed by atoms with van der Waals surface area (Å²) >= 11 is 1.38. The topological polar surface area (TPSA) is 61.7 Å². The maximum atomic E-state index is 11.9. The predicted octanol–water partition coefficient (Wildman–Crippen LogP) is 1.53. The molecule has 3 rings (SSSR count). The Morgan fingerprint density at radius 1 is 1.50 bits per heavy atom. The molecule has 5 atom stereocenters. The third-order valence-corrected chi connectivity index (χ3v) is 6.12. The van der Waals surface area contributed by atoms with Crippen LogP contribution in [0.5, 0.6) is 0 Å². The van der Waals surface area contributed by atoms with Gasteiger partial charge in [-0.05, 0) is 44.9 Å². The molecule has 1 aliphatic heterocycles. The molecule has 100 valence electrons. The molecule has 0 radical (unpaired) electrons. The first-order valence-corrected chi connectivity index (χ1v) is 7.57. The van der Waals surface area contributed by atoms with E-state index in [4.69, 9.17) is 0 Å². The third-order valence-electron chi connectivity index (χ3n) is 4.78. The number of nitrogens with one attached hydrogen (secondary N) is 1. The molecule has 1 heterocycles. The Morgan fingerprint density at radius 2 is 2.28 bits per heavy atom. The standard InChI is InChI=1S/C13H20N2O2S/c1-7(16)13(2)11(17)15-12(18-13)14-10-6-8-3-4-9(10)5-8/h7-10,16H,3-6H2,1-2H3,(H,14,15,17)/t7?,8-,9+,10+,13?/m1/s1. The Balaban J connectivity index is 1.65. The predicted molar refractivity (Wildman–Crippen MR) is 72.5 cm³/mol. The number of amidine groups is 1. The van der Waals surface area contributed by atoms with Crippen LogP contribution in [0.4, 0.5) is 0 Å². The molecule has 18 heavy (non-hydrogen) atoms. The molecular weight excluding hydrogens is 248 g/mol. The van der Waals surface area contributed by atoms with E-state index in [0.717, 1.165) is 11.8 Å². The Bertz CT molecular complexity index is 410. The van der Waals surface area contributed by atoms with E-state index in [0.29, 0.717) is 11.2 Å². The number of hydrogen-bond donors (Lipinski definition) is 2. The minimum absolute atomic E-state index is 0.215. The van der Waals surface area contributed by atoms with Crippen LogP contribution in [0.3, 0.4) is 0 Å². The largest absolute Gasteiger partial charge is 0.391 e. The molecule has 0 spiro atoms. The van der Waals surface area contributed by atoms with E-state index in [1.807, 2.05) is 0 Å². The van der Waals surface area contributed by atoms with Crippen LogP contribution in [0.2, 0.25) is 0 Å². The maximum Gasteiger partial charge on any atom is 0.267 e. The fourth-order valence-electron chi connectivity index (χ4n) is 3.38. The number of aliphatic hydroxyl groups is 1. The normalized spacial score (nSPS) is 44.3. The van der Waals surface area contributed by atoms with Crippen molar-refractivity contribution in [3.8, 4) is 0 Å². The lowest BCUT2D eigenvalue weighted by Crippen LogP contribution is -2.40. The van der Waals surface area contributed by atoms with E-state index in [1.54, 1.807) is 13.8 Å². The molecule has 0 saturated heterocycles. The van der Waals surface area contributed by atoms with Gasteiger partial charge in [-0.15, -0.1) is 0 Å². The zero-order chi connectivity index (χ0) is 12.9. The van der Waals surface area contributed by atoms with Gasteiger partial charge >= 0.3 is 0 Å². The monoisotopic (exact) mass is 268 g/mol. The van der Waals surface area contributed by atoms with Gasteiger partial charge in [-0.1, -0.05) is 18.2 Å². The van der Waals surface area contributed by atoms with Gasteiger partial charge < -0.3 is 10.4 Å². The van der Waals surface area contributed by atoms with Gasteiger partial charge in [-0.2, -0.15) is 4.99 Å². The number of amides is 1. The number of hydrogen-bond acceptors (Lipinski definition) is 4. The number of nitrogens with zero attached hydrogens (tertiary/aromatic N) is 1. The highest BCUT2D eigenvalue weighted by Gasteiger charge is 2.47. The summed E-state index contributed by atoms with van der Waals surface area (Å²) in [7, 11) is 0.